The Kier molecular flexibility index (Phi) is 4.71. The Morgan fingerprint density at radius 1 is 1.33 bits per heavy atom. The number of dihydropyridines is 1. The minimum atomic E-state index is 0.182. The van der Waals surface area contributed by atoms with Crippen molar-refractivity contribution in [1.29, 1.82) is 0 Å². The number of rotatable bonds is 4. The molecule has 2 heterocycles. The van der Waals surface area contributed by atoms with Crippen LogP contribution in [0.2, 0.25) is 0 Å². The van der Waals surface area contributed by atoms with Gasteiger partial charge < -0.3 is 4.74 Å². The summed E-state index contributed by atoms with van der Waals surface area (Å²) in [4.78, 5) is 6.93. The van der Waals surface area contributed by atoms with Gasteiger partial charge in [0.05, 0.1) is 0 Å². The van der Waals surface area contributed by atoms with Gasteiger partial charge in [0.2, 0.25) is 5.90 Å². The third-order valence-electron chi connectivity index (χ3n) is 4.38. The van der Waals surface area contributed by atoms with Crippen molar-refractivity contribution >= 4 is 5.90 Å². The fourth-order valence-electron chi connectivity index (χ4n) is 3.23. The fraction of sp³-hybridized carbons (Fsp3) is 0.500. The molecule has 112 valence electrons. The topological polar surface area (TPSA) is 24.8 Å². The first-order chi connectivity index (χ1) is 10.3. The van der Waals surface area contributed by atoms with Crippen molar-refractivity contribution in [2.75, 3.05) is 20.1 Å². The maximum Gasteiger partial charge on any atom is 0.208 e. The Balaban J connectivity index is 1.74. The smallest absolute Gasteiger partial charge is 0.208 e. The summed E-state index contributed by atoms with van der Waals surface area (Å²) in [6.45, 7) is 2.02. The molecule has 21 heavy (non-hydrogen) atoms. The van der Waals surface area contributed by atoms with E-state index in [1.807, 2.05) is 6.08 Å². The van der Waals surface area contributed by atoms with Gasteiger partial charge in [-0.25, -0.2) is 0 Å². The number of hydrogen-bond donors (Lipinski definition) is 0. The van der Waals surface area contributed by atoms with Crippen LogP contribution < -0.4 is 0 Å². The number of nitrogens with zero attached hydrogens (tertiary/aromatic N) is 2. The lowest BCUT2D eigenvalue weighted by atomic mass is 10.00. The molecule has 1 fully saturated rings. The summed E-state index contributed by atoms with van der Waals surface area (Å²) in [7, 11) is 2.21. The zero-order valence-corrected chi connectivity index (χ0v) is 12.7. The van der Waals surface area contributed by atoms with Gasteiger partial charge in [-0.1, -0.05) is 36.4 Å². The fourth-order valence-corrected chi connectivity index (χ4v) is 3.23. The van der Waals surface area contributed by atoms with Gasteiger partial charge in [0.1, 0.15) is 6.10 Å². The lowest BCUT2D eigenvalue weighted by Crippen LogP contribution is -2.40. The van der Waals surface area contributed by atoms with E-state index in [-0.39, 0.29) is 6.10 Å². The van der Waals surface area contributed by atoms with Crippen molar-refractivity contribution in [3.63, 3.8) is 0 Å². The van der Waals surface area contributed by atoms with Crippen LogP contribution in [0.15, 0.2) is 47.5 Å². The second-order valence-electron chi connectivity index (χ2n) is 5.95. The number of benzene rings is 1. The summed E-state index contributed by atoms with van der Waals surface area (Å²) in [6.07, 6.45) is 8.81. The Morgan fingerprint density at radius 2 is 2.19 bits per heavy atom. The van der Waals surface area contributed by atoms with Crippen molar-refractivity contribution < 1.29 is 4.74 Å². The Morgan fingerprint density at radius 3 is 2.86 bits per heavy atom. The molecule has 3 rings (SSSR count). The zero-order chi connectivity index (χ0) is 14.5. The average molecular weight is 284 g/mol. The molecule has 3 nitrogen and oxygen atoms in total. The predicted molar refractivity (Wildman–Crippen MR) is 86.7 cm³/mol. The molecular weight excluding hydrogens is 260 g/mol. The van der Waals surface area contributed by atoms with Gasteiger partial charge in [-0.05, 0) is 44.5 Å². The van der Waals surface area contributed by atoms with Gasteiger partial charge in [0.15, 0.2) is 0 Å². The lowest BCUT2D eigenvalue weighted by molar-refractivity contribution is 0.0975. The summed E-state index contributed by atoms with van der Waals surface area (Å²) in [6, 6.07) is 11.1. The molecule has 0 saturated carbocycles. The minimum absolute atomic E-state index is 0.182. The Bertz CT molecular complexity index is 509. The highest BCUT2D eigenvalue weighted by Crippen LogP contribution is 2.23. The van der Waals surface area contributed by atoms with Crippen LogP contribution >= 0.6 is 0 Å². The van der Waals surface area contributed by atoms with E-state index in [2.05, 4.69) is 53.3 Å². The van der Waals surface area contributed by atoms with E-state index in [0.717, 1.165) is 25.3 Å². The molecule has 0 radical (unpaired) electrons. The van der Waals surface area contributed by atoms with Gasteiger partial charge >= 0.3 is 0 Å². The monoisotopic (exact) mass is 284 g/mol. The summed E-state index contributed by atoms with van der Waals surface area (Å²) in [5, 5.41) is 0. The number of likely N-dealkylation sites (tertiary alicyclic amines) is 1. The largest absolute Gasteiger partial charge is 0.473 e. The van der Waals surface area contributed by atoms with E-state index < -0.39 is 0 Å². The predicted octanol–water partition coefficient (Wildman–Crippen LogP) is 3.07. The highest BCUT2D eigenvalue weighted by molar-refractivity contribution is 5.88. The van der Waals surface area contributed by atoms with Crippen LogP contribution in [0.5, 0.6) is 0 Å². The molecule has 0 bridgehead atoms. The van der Waals surface area contributed by atoms with E-state index in [1.165, 1.54) is 24.9 Å². The molecule has 0 N–H and O–H groups in total. The molecule has 1 aromatic rings. The summed E-state index contributed by atoms with van der Waals surface area (Å²) < 4.78 is 6.27. The summed E-state index contributed by atoms with van der Waals surface area (Å²) >= 11 is 0. The molecule has 1 aromatic carbocycles. The first kappa shape index (κ1) is 14.3. The maximum atomic E-state index is 6.27. The zero-order valence-electron chi connectivity index (χ0n) is 12.7. The normalized spacial score (nSPS) is 23.9. The van der Waals surface area contributed by atoms with Crippen LogP contribution in [0.1, 0.15) is 24.8 Å². The molecule has 2 atom stereocenters. The van der Waals surface area contributed by atoms with Crippen molar-refractivity contribution in [3.8, 4) is 0 Å². The molecule has 3 heteroatoms. The molecule has 0 aromatic heterocycles. The van der Waals surface area contributed by atoms with Gasteiger partial charge in [-0.15, -0.1) is 0 Å². The van der Waals surface area contributed by atoms with E-state index in [4.69, 9.17) is 4.74 Å². The number of hydrogen-bond acceptors (Lipinski definition) is 3. The third kappa shape index (κ3) is 3.73. The van der Waals surface area contributed by atoms with Crippen LogP contribution in [0.3, 0.4) is 0 Å². The van der Waals surface area contributed by atoms with Crippen molar-refractivity contribution in [3.05, 3.63) is 48.0 Å². The van der Waals surface area contributed by atoms with Crippen molar-refractivity contribution in [2.24, 2.45) is 4.99 Å². The van der Waals surface area contributed by atoms with E-state index in [0.29, 0.717) is 6.04 Å². The Labute approximate surface area is 127 Å². The highest BCUT2D eigenvalue weighted by atomic mass is 16.5. The molecule has 0 spiro atoms. The average Bonchev–Trinajstić information content (AvgIpc) is 2.95. The van der Waals surface area contributed by atoms with Crippen molar-refractivity contribution in [1.82, 2.24) is 4.90 Å². The standard InChI is InChI=1S/C18H24N2O/c1-20-13-7-10-16(20)17(14-15-8-3-2-4-9-15)21-18-11-5-6-12-19-18/h2-5,8-9,11,16-17H,6-7,10,12-14H2,1H3/t16-,17?/m0/s1. The van der Waals surface area contributed by atoms with Gasteiger partial charge in [0, 0.05) is 19.0 Å². The molecule has 0 amide bonds. The quantitative estimate of drug-likeness (QED) is 0.849. The number of ether oxygens (including phenoxy) is 1. The van der Waals surface area contributed by atoms with Crippen LogP contribution in [-0.2, 0) is 11.2 Å². The van der Waals surface area contributed by atoms with E-state index in [9.17, 15) is 0 Å². The van der Waals surface area contributed by atoms with Gasteiger partial charge in [-0.3, -0.25) is 9.89 Å². The van der Waals surface area contributed by atoms with Crippen LogP contribution in [0.4, 0.5) is 0 Å². The van der Waals surface area contributed by atoms with Crippen LogP contribution in [-0.4, -0.2) is 43.1 Å². The second-order valence-corrected chi connectivity index (χ2v) is 5.95. The first-order valence-electron chi connectivity index (χ1n) is 7.95. The molecule has 0 aliphatic carbocycles. The summed E-state index contributed by atoms with van der Waals surface area (Å²) in [5.74, 6) is 0.808. The van der Waals surface area contributed by atoms with Gasteiger partial charge in [0.25, 0.3) is 0 Å². The lowest BCUT2D eigenvalue weighted by Gasteiger charge is -2.30. The molecular formula is C18H24N2O. The summed E-state index contributed by atoms with van der Waals surface area (Å²) in [5.41, 5.74) is 1.34. The molecule has 2 aliphatic rings. The number of aliphatic imine (C=N–C) groups is 1. The van der Waals surface area contributed by atoms with Crippen LogP contribution in [0.25, 0.3) is 0 Å². The second kappa shape index (κ2) is 6.90. The first-order valence-corrected chi connectivity index (χ1v) is 7.95. The van der Waals surface area contributed by atoms with E-state index in [1.54, 1.807) is 0 Å². The molecule has 1 saturated heterocycles. The maximum absolute atomic E-state index is 6.27. The molecule has 1 unspecified atom stereocenters. The highest BCUT2D eigenvalue weighted by Gasteiger charge is 2.31. The number of likely N-dealkylation sites (N-methyl/N-ethyl adjacent to an activating group) is 1. The minimum Gasteiger partial charge on any atom is -0.473 e. The van der Waals surface area contributed by atoms with Gasteiger partial charge in [-0.2, -0.15) is 0 Å². The Hall–Kier alpha value is -1.61. The van der Waals surface area contributed by atoms with E-state index >= 15 is 0 Å². The molecule has 2 aliphatic heterocycles. The third-order valence-corrected chi connectivity index (χ3v) is 4.38. The SMILES string of the molecule is CN1CCC[C@H]1C(Cc1ccccc1)OC1=NCCC=C1. The van der Waals surface area contributed by atoms with Crippen molar-refractivity contribution in [2.45, 2.75) is 37.8 Å². The van der Waals surface area contributed by atoms with Crippen LogP contribution in [0, 0.1) is 0 Å².